The summed E-state index contributed by atoms with van der Waals surface area (Å²) >= 11 is 3.37. The molecule has 3 unspecified atom stereocenters. The second-order valence-corrected chi connectivity index (χ2v) is 7.76. The van der Waals surface area contributed by atoms with E-state index in [1.54, 1.807) is 0 Å². The molecule has 6 heteroatoms. The second-order valence-electron chi connectivity index (χ2n) is 4.69. The quantitative estimate of drug-likeness (QED) is 0.873. The van der Waals surface area contributed by atoms with Gasteiger partial charge in [0.15, 0.2) is 9.84 Å². The van der Waals surface area contributed by atoms with Gasteiger partial charge < -0.3 is 10.4 Å². The largest absolute Gasteiger partial charge is 0.390 e. The van der Waals surface area contributed by atoms with Gasteiger partial charge in [-0.25, -0.2) is 8.42 Å². The molecular weight excluding hydrogens is 318 g/mol. The number of aliphatic hydroxyl groups excluding tert-OH is 1. The fourth-order valence-corrected chi connectivity index (χ4v) is 4.18. The molecule has 0 spiro atoms. The fourth-order valence-electron chi connectivity index (χ4n) is 2.16. The summed E-state index contributed by atoms with van der Waals surface area (Å²) in [4.78, 5) is 0. The number of aliphatic hydroxyl groups is 1. The number of hydrogen-bond acceptors (Lipinski definition) is 4. The molecule has 1 aromatic carbocycles. The van der Waals surface area contributed by atoms with Crippen molar-refractivity contribution in [2.24, 2.45) is 0 Å². The normalized spacial score (nSPS) is 28.2. The molecule has 0 saturated carbocycles. The van der Waals surface area contributed by atoms with E-state index in [0.717, 1.165) is 10.0 Å². The number of benzene rings is 1. The molecule has 0 aromatic heterocycles. The highest BCUT2D eigenvalue weighted by molar-refractivity contribution is 9.10. The Balaban J connectivity index is 2.04. The molecule has 100 valence electrons. The molecule has 0 amide bonds. The van der Waals surface area contributed by atoms with Gasteiger partial charge in [0.25, 0.3) is 0 Å². The highest BCUT2D eigenvalue weighted by atomic mass is 79.9. The Morgan fingerprint density at radius 2 is 1.94 bits per heavy atom. The van der Waals surface area contributed by atoms with Crippen LogP contribution in [0.2, 0.25) is 0 Å². The maximum absolute atomic E-state index is 11.4. The highest BCUT2D eigenvalue weighted by Crippen LogP contribution is 2.20. The first kappa shape index (κ1) is 14.0. The zero-order chi connectivity index (χ0) is 13.3. The monoisotopic (exact) mass is 333 g/mol. The maximum atomic E-state index is 11.4. The Morgan fingerprint density at radius 1 is 1.33 bits per heavy atom. The lowest BCUT2D eigenvalue weighted by molar-refractivity contribution is 0.160. The van der Waals surface area contributed by atoms with E-state index in [4.69, 9.17) is 0 Å². The van der Waals surface area contributed by atoms with Gasteiger partial charge >= 0.3 is 0 Å². The van der Waals surface area contributed by atoms with E-state index in [0.29, 0.717) is 0 Å². The van der Waals surface area contributed by atoms with Crippen molar-refractivity contribution in [2.45, 2.75) is 25.1 Å². The van der Waals surface area contributed by atoms with Gasteiger partial charge in [-0.3, -0.25) is 0 Å². The van der Waals surface area contributed by atoms with Crippen molar-refractivity contribution < 1.29 is 13.5 Å². The molecule has 1 aromatic rings. The van der Waals surface area contributed by atoms with Gasteiger partial charge in [-0.05, 0) is 24.6 Å². The van der Waals surface area contributed by atoms with Crippen LogP contribution in [0, 0.1) is 0 Å². The average molecular weight is 334 g/mol. The topological polar surface area (TPSA) is 66.4 Å². The van der Waals surface area contributed by atoms with E-state index >= 15 is 0 Å². The van der Waals surface area contributed by atoms with Crippen molar-refractivity contribution in [3.05, 3.63) is 34.3 Å². The molecule has 0 bridgehead atoms. The molecule has 18 heavy (non-hydrogen) atoms. The van der Waals surface area contributed by atoms with Gasteiger partial charge in [0.2, 0.25) is 0 Å². The van der Waals surface area contributed by atoms with Crippen molar-refractivity contribution in [2.75, 3.05) is 11.5 Å². The summed E-state index contributed by atoms with van der Waals surface area (Å²) in [6.07, 6.45) is -0.812. The number of rotatable bonds is 3. The van der Waals surface area contributed by atoms with E-state index in [9.17, 15) is 13.5 Å². The molecule has 2 rings (SSSR count). The Labute approximate surface area is 115 Å². The number of sulfone groups is 1. The average Bonchev–Trinajstić information content (AvgIpc) is 2.52. The minimum Gasteiger partial charge on any atom is -0.390 e. The molecule has 0 radical (unpaired) electrons. The summed E-state index contributed by atoms with van der Waals surface area (Å²) in [6, 6.07) is 7.44. The standard InChI is InChI=1S/C12H16BrNO3S/c1-8(9-2-4-10(13)5-3-9)14-11-6-18(16,17)7-12(11)15/h2-5,8,11-12,14-15H,6-7H2,1H3. The Hall–Kier alpha value is -0.430. The first-order chi connectivity index (χ1) is 8.37. The third-order valence-corrected chi connectivity index (χ3v) is 5.40. The van der Waals surface area contributed by atoms with E-state index in [2.05, 4.69) is 21.2 Å². The summed E-state index contributed by atoms with van der Waals surface area (Å²) in [5.41, 5.74) is 1.06. The molecule has 4 nitrogen and oxygen atoms in total. The van der Waals surface area contributed by atoms with Crippen molar-refractivity contribution in [1.82, 2.24) is 5.32 Å². The molecule has 1 aliphatic rings. The fraction of sp³-hybridized carbons (Fsp3) is 0.500. The van der Waals surface area contributed by atoms with Crippen LogP contribution in [0.4, 0.5) is 0 Å². The van der Waals surface area contributed by atoms with E-state index in [1.807, 2.05) is 31.2 Å². The second kappa shape index (κ2) is 5.28. The lowest BCUT2D eigenvalue weighted by Crippen LogP contribution is -2.40. The summed E-state index contributed by atoms with van der Waals surface area (Å²) in [6.45, 7) is 1.96. The van der Waals surface area contributed by atoms with Gasteiger partial charge in [0, 0.05) is 16.6 Å². The van der Waals surface area contributed by atoms with Crippen LogP contribution in [-0.2, 0) is 9.84 Å². The van der Waals surface area contributed by atoms with Crippen molar-refractivity contribution in [3.63, 3.8) is 0 Å². The Morgan fingerprint density at radius 3 is 2.44 bits per heavy atom. The molecule has 3 atom stereocenters. The zero-order valence-electron chi connectivity index (χ0n) is 10.0. The summed E-state index contributed by atoms with van der Waals surface area (Å²) < 4.78 is 23.8. The van der Waals surface area contributed by atoms with Gasteiger partial charge in [-0.2, -0.15) is 0 Å². The van der Waals surface area contributed by atoms with Gasteiger partial charge in [0.1, 0.15) is 0 Å². The van der Waals surface area contributed by atoms with E-state index in [-0.39, 0.29) is 23.6 Å². The van der Waals surface area contributed by atoms with Crippen LogP contribution in [0.3, 0.4) is 0 Å². The van der Waals surface area contributed by atoms with Crippen LogP contribution < -0.4 is 5.32 Å². The van der Waals surface area contributed by atoms with Gasteiger partial charge in [0.05, 0.1) is 17.6 Å². The molecule has 1 saturated heterocycles. The van der Waals surface area contributed by atoms with Crippen LogP contribution in [0.25, 0.3) is 0 Å². The Bertz CT molecular complexity index is 515. The molecular formula is C12H16BrNO3S. The third kappa shape index (κ3) is 3.32. The number of nitrogens with one attached hydrogen (secondary N) is 1. The third-order valence-electron chi connectivity index (χ3n) is 3.16. The van der Waals surface area contributed by atoms with Crippen molar-refractivity contribution in [1.29, 1.82) is 0 Å². The first-order valence-electron chi connectivity index (χ1n) is 5.77. The molecule has 1 fully saturated rings. The molecule has 0 aliphatic carbocycles. The number of halogens is 1. The van der Waals surface area contributed by atoms with Crippen LogP contribution in [0.15, 0.2) is 28.7 Å². The van der Waals surface area contributed by atoms with E-state index in [1.165, 1.54) is 0 Å². The van der Waals surface area contributed by atoms with Crippen LogP contribution in [0.5, 0.6) is 0 Å². The van der Waals surface area contributed by atoms with Gasteiger partial charge in [-0.1, -0.05) is 28.1 Å². The SMILES string of the molecule is CC(NC1CS(=O)(=O)CC1O)c1ccc(Br)cc1. The predicted molar refractivity (Wildman–Crippen MR) is 74.1 cm³/mol. The Kier molecular flexibility index (Phi) is 4.11. The summed E-state index contributed by atoms with van der Waals surface area (Å²) in [7, 11) is -3.10. The predicted octanol–water partition coefficient (Wildman–Crippen LogP) is 1.26. The summed E-state index contributed by atoms with van der Waals surface area (Å²) in [5, 5.41) is 12.9. The van der Waals surface area contributed by atoms with Crippen molar-refractivity contribution >= 4 is 25.8 Å². The smallest absolute Gasteiger partial charge is 0.154 e. The minimum atomic E-state index is -3.10. The minimum absolute atomic E-state index is 0.00560. The lowest BCUT2D eigenvalue weighted by Gasteiger charge is -2.21. The maximum Gasteiger partial charge on any atom is 0.154 e. The highest BCUT2D eigenvalue weighted by Gasteiger charge is 2.36. The molecule has 1 aliphatic heterocycles. The zero-order valence-corrected chi connectivity index (χ0v) is 12.4. The lowest BCUT2D eigenvalue weighted by atomic mass is 10.1. The summed E-state index contributed by atoms with van der Waals surface area (Å²) in [5.74, 6) is -0.132. The number of hydrogen-bond donors (Lipinski definition) is 2. The van der Waals surface area contributed by atoms with Crippen LogP contribution >= 0.6 is 15.9 Å². The van der Waals surface area contributed by atoms with Gasteiger partial charge in [-0.15, -0.1) is 0 Å². The first-order valence-corrected chi connectivity index (χ1v) is 8.39. The van der Waals surface area contributed by atoms with Crippen LogP contribution in [0.1, 0.15) is 18.5 Å². The van der Waals surface area contributed by atoms with E-state index < -0.39 is 15.9 Å². The van der Waals surface area contributed by atoms with Crippen molar-refractivity contribution in [3.8, 4) is 0 Å². The molecule has 1 heterocycles. The van der Waals surface area contributed by atoms with Crippen LogP contribution in [-0.4, -0.2) is 37.2 Å². The molecule has 2 N–H and O–H groups in total.